The van der Waals surface area contributed by atoms with Crippen molar-refractivity contribution in [1.82, 2.24) is 9.78 Å². The van der Waals surface area contributed by atoms with Crippen molar-refractivity contribution < 1.29 is 9.90 Å². The van der Waals surface area contributed by atoms with Gasteiger partial charge in [0, 0.05) is 4.47 Å². The van der Waals surface area contributed by atoms with E-state index in [0.717, 1.165) is 4.47 Å². The standard InChI is InChI=1S/C10H6BrClN2O2/c11-6-1-2-7(12)9(5-6)14-8(10(15)16)3-4-13-14/h1-5H,(H,15,16). The van der Waals surface area contributed by atoms with E-state index in [4.69, 9.17) is 16.7 Å². The molecular formula is C10H6BrClN2O2. The Kier molecular flexibility index (Phi) is 2.98. The van der Waals surface area contributed by atoms with E-state index in [1.807, 2.05) is 0 Å². The molecule has 0 unspecified atom stereocenters. The Labute approximate surface area is 105 Å². The van der Waals surface area contributed by atoms with Crippen LogP contribution in [0.4, 0.5) is 0 Å². The van der Waals surface area contributed by atoms with Gasteiger partial charge in [0.15, 0.2) is 5.69 Å². The molecule has 0 aliphatic carbocycles. The average Bonchev–Trinajstić information content (AvgIpc) is 2.70. The van der Waals surface area contributed by atoms with Gasteiger partial charge < -0.3 is 5.11 Å². The van der Waals surface area contributed by atoms with Crippen molar-refractivity contribution in [1.29, 1.82) is 0 Å². The molecule has 2 rings (SSSR count). The Bertz CT molecular complexity index is 554. The number of hydrogen-bond acceptors (Lipinski definition) is 2. The normalized spacial score (nSPS) is 10.4. The van der Waals surface area contributed by atoms with Crippen LogP contribution >= 0.6 is 27.5 Å². The van der Waals surface area contributed by atoms with E-state index in [1.54, 1.807) is 18.2 Å². The summed E-state index contributed by atoms with van der Waals surface area (Å²) in [6.07, 6.45) is 1.42. The molecule has 0 saturated carbocycles. The van der Waals surface area contributed by atoms with Crippen molar-refractivity contribution in [3.8, 4) is 5.69 Å². The van der Waals surface area contributed by atoms with Crippen molar-refractivity contribution in [2.45, 2.75) is 0 Å². The Morgan fingerprint density at radius 1 is 1.44 bits per heavy atom. The lowest BCUT2D eigenvalue weighted by molar-refractivity contribution is 0.0687. The van der Waals surface area contributed by atoms with Crippen LogP contribution in [0, 0.1) is 0 Å². The van der Waals surface area contributed by atoms with E-state index in [9.17, 15) is 4.79 Å². The lowest BCUT2D eigenvalue weighted by atomic mass is 10.3. The summed E-state index contributed by atoms with van der Waals surface area (Å²) < 4.78 is 2.09. The molecule has 0 saturated heterocycles. The maximum absolute atomic E-state index is 10.9. The smallest absolute Gasteiger partial charge is 0.354 e. The minimum Gasteiger partial charge on any atom is -0.477 e. The van der Waals surface area contributed by atoms with Crippen LogP contribution in [0.1, 0.15) is 10.5 Å². The number of carbonyl (C=O) groups is 1. The molecular weight excluding hydrogens is 295 g/mol. The summed E-state index contributed by atoms with van der Waals surface area (Å²) in [6.45, 7) is 0. The highest BCUT2D eigenvalue weighted by Gasteiger charge is 2.14. The highest BCUT2D eigenvalue weighted by Crippen LogP contribution is 2.25. The molecule has 0 atom stereocenters. The zero-order chi connectivity index (χ0) is 11.7. The molecule has 6 heteroatoms. The molecule has 1 heterocycles. The van der Waals surface area contributed by atoms with E-state index < -0.39 is 5.97 Å². The lowest BCUT2D eigenvalue weighted by Gasteiger charge is -2.07. The van der Waals surface area contributed by atoms with Gasteiger partial charge >= 0.3 is 5.97 Å². The summed E-state index contributed by atoms with van der Waals surface area (Å²) in [7, 11) is 0. The van der Waals surface area contributed by atoms with E-state index in [1.165, 1.54) is 16.9 Å². The first kappa shape index (κ1) is 11.2. The molecule has 4 nitrogen and oxygen atoms in total. The molecule has 82 valence electrons. The van der Waals surface area contributed by atoms with Gasteiger partial charge in [-0.05, 0) is 24.3 Å². The van der Waals surface area contributed by atoms with Gasteiger partial charge in [-0.2, -0.15) is 5.10 Å². The van der Waals surface area contributed by atoms with Crippen LogP contribution in [0.3, 0.4) is 0 Å². The summed E-state index contributed by atoms with van der Waals surface area (Å²) in [4.78, 5) is 10.9. The van der Waals surface area contributed by atoms with Gasteiger partial charge in [-0.3, -0.25) is 0 Å². The molecule has 1 aromatic heterocycles. The number of nitrogens with zero attached hydrogens (tertiary/aromatic N) is 2. The maximum Gasteiger partial charge on any atom is 0.354 e. The minimum absolute atomic E-state index is 0.0694. The number of hydrogen-bond donors (Lipinski definition) is 1. The summed E-state index contributed by atoms with van der Waals surface area (Å²) in [6, 6.07) is 6.57. The Morgan fingerprint density at radius 2 is 2.19 bits per heavy atom. The highest BCUT2D eigenvalue weighted by molar-refractivity contribution is 9.10. The van der Waals surface area contributed by atoms with Gasteiger partial charge in [0.25, 0.3) is 0 Å². The highest BCUT2D eigenvalue weighted by atomic mass is 79.9. The van der Waals surface area contributed by atoms with Crippen LogP contribution in [0.5, 0.6) is 0 Å². The number of carboxylic acids is 1. The monoisotopic (exact) mass is 300 g/mol. The number of aromatic carboxylic acids is 1. The van der Waals surface area contributed by atoms with E-state index in [2.05, 4.69) is 21.0 Å². The number of halogens is 2. The second-order valence-electron chi connectivity index (χ2n) is 3.03. The molecule has 0 bridgehead atoms. The first-order valence-corrected chi connectivity index (χ1v) is 5.49. The predicted molar refractivity (Wildman–Crippen MR) is 63.2 cm³/mol. The van der Waals surface area contributed by atoms with Crippen LogP contribution in [-0.2, 0) is 0 Å². The van der Waals surface area contributed by atoms with Gasteiger partial charge in [0.1, 0.15) is 0 Å². The van der Waals surface area contributed by atoms with Gasteiger partial charge in [0.2, 0.25) is 0 Å². The van der Waals surface area contributed by atoms with Crippen LogP contribution < -0.4 is 0 Å². The van der Waals surface area contributed by atoms with Crippen LogP contribution in [0.25, 0.3) is 5.69 Å². The van der Waals surface area contributed by atoms with Crippen LogP contribution in [0.2, 0.25) is 5.02 Å². The molecule has 1 N–H and O–H groups in total. The molecule has 2 aromatic rings. The fourth-order valence-corrected chi connectivity index (χ4v) is 1.85. The third kappa shape index (κ3) is 1.96. The molecule has 1 aromatic carbocycles. The Balaban J connectivity index is 2.62. The first-order valence-electron chi connectivity index (χ1n) is 4.32. The van der Waals surface area contributed by atoms with Crippen molar-refractivity contribution in [2.24, 2.45) is 0 Å². The number of aromatic nitrogens is 2. The van der Waals surface area contributed by atoms with Gasteiger partial charge in [-0.15, -0.1) is 0 Å². The summed E-state index contributed by atoms with van der Waals surface area (Å²) in [5, 5.41) is 13.3. The predicted octanol–water partition coefficient (Wildman–Crippen LogP) is 2.99. The number of carboxylic acid groups (broad SMARTS) is 1. The van der Waals surface area contributed by atoms with Gasteiger partial charge in [-0.25, -0.2) is 9.48 Å². The Morgan fingerprint density at radius 3 is 2.88 bits per heavy atom. The first-order chi connectivity index (χ1) is 7.59. The van der Waals surface area contributed by atoms with Crippen molar-refractivity contribution >= 4 is 33.5 Å². The summed E-state index contributed by atoms with van der Waals surface area (Å²) in [5.74, 6) is -1.05. The topological polar surface area (TPSA) is 55.1 Å². The third-order valence-electron chi connectivity index (χ3n) is 2.00. The average molecular weight is 302 g/mol. The molecule has 0 fully saturated rings. The molecule has 16 heavy (non-hydrogen) atoms. The van der Waals surface area contributed by atoms with E-state index >= 15 is 0 Å². The van der Waals surface area contributed by atoms with Crippen molar-refractivity contribution in [3.63, 3.8) is 0 Å². The summed E-state index contributed by atoms with van der Waals surface area (Å²) in [5.41, 5.74) is 0.596. The van der Waals surface area contributed by atoms with Crippen molar-refractivity contribution in [3.05, 3.63) is 45.7 Å². The molecule has 0 aliphatic heterocycles. The van der Waals surface area contributed by atoms with Gasteiger partial charge in [0.05, 0.1) is 16.9 Å². The Hall–Kier alpha value is -1.33. The number of rotatable bonds is 2. The fraction of sp³-hybridized carbons (Fsp3) is 0. The molecule has 0 radical (unpaired) electrons. The van der Waals surface area contributed by atoms with Gasteiger partial charge in [-0.1, -0.05) is 27.5 Å². The number of benzene rings is 1. The second kappa shape index (κ2) is 4.27. The zero-order valence-electron chi connectivity index (χ0n) is 7.89. The van der Waals surface area contributed by atoms with Crippen LogP contribution in [0.15, 0.2) is 34.9 Å². The second-order valence-corrected chi connectivity index (χ2v) is 4.35. The van der Waals surface area contributed by atoms with E-state index in [0.29, 0.717) is 10.7 Å². The van der Waals surface area contributed by atoms with Crippen molar-refractivity contribution in [2.75, 3.05) is 0 Å². The molecule has 0 amide bonds. The largest absolute Gasteiger partial charge is 0.477 e. The van der Waals surface area contributed by atoms with E-state index in [-0.39, 0.29) is 5.69 Å². The van der Waals surface area contributed by atoms with Crippen LogP contribution in [-0.4, -0.2) is 20.9 Å². The zero-order valence-corrected chi connectivity index (χ0v) is 10.2. The fourth-order valence-electron chi connectivity index (χ4n) is 1.31. The molecule has 0 spiro atoms. The summed E-state index contributed by atoms with van der Waals surface area (Å²) >= 11 is 9.29. The maximum atomic E-state index is 10.9. The SMILES string of the molecule is O=C(O)c1ccnn1-c1cc(Br)ccc1Cl. The third-order valence-corrected chi connectivity index (χ3v) is 2.81. The lowest BCUT2D eigenvalue weighted by Crippen LogP contribution is -2.08. The quantitative estimate of drug-likeness (QED) is 0.927. The minimum atomic E-state index is -1.05. The molecule has 0 aliphatic rings.